The van der Waals surface area contributed by atoms with Gasteiger partial charge in [-0.15, -0.1) is 0 Å². The van der Waals surface area contributed by atoms with E-state index in [1.807, 2.05) is 31.2 Å². The fourth-order valence-corrected chi connectivity index (χ4v) is 1.87. The summed E-state index contributed by atoms with van der Waals surface area (Å²) in [5.74, 6) is -0.640. The summed E-state index contributed by atoms with van der Waals surface area (Å²) < 4.78 is 5.50. The fraction of sp³-hybridized carbons (Fsp3) is 0.286. The topological polar surface area (TPSA) is 46.6 Å². The van der Waals surface area contributed by atoms with Crippen molar-refractivity contribution >= 4 is 33.9 Å². The summed E-state index contributed by atoms with van der Waals surface area (Å²) in [5.41, 5.74) is 0.914. The van der Waals surface area contributed by atoms with Crippen LogP contribution in [0.4, 0.5) is 0 Å². The number of likely N-dealkylation sites (N-methyl/N-ethyl adjacent to an activating group) is 1. The molecule has 0 unspecified atom stereocenters. The molecule has 1 rings (SSSR count). The summed E-state index contributed by atoms with van der Waals surface area (Å²) in [7, 11) is 1.30. The molecule has 0 N–H and O–H groups in total. The first-order valence-electron chi connectivity index (χ1n) is 5.86. The lowest BCUT2D eigenvalue weighted by Gasteiger charge is -2.17. The van der Waals surface area contributed by atoms with Gasteiger partial charge in [-0.25, -0.2) is 0 Å². The number of carbonyl (C=O) groups is 2. The standard InChI is InChI=1S/C14H16BrNO3/c1-3-16(10-14(18)19-2)13(17)8-7-11-5-4-6-12(15)9-11/h4-9H,3,10H2,1-2H3. The van der Waals surface area contributed by atoms with Gasteiger partial charge in [-0.1, -0.05) is 28.1 Å². The van der Waals surface area contributed by atoms with Gasteiger partial charge in [0.25, 0.3) is 0 Å². The second kappa shape index (κ2) is 7.74. The maximum Gasteiger partial charge on any atom is 0.325 e. The molecular formula is C14H16BrNO3. The van der Waals surface area contributed by atoms with E-state index < -0.39 is 5.97 Å². The van der Waals surface area contributed by atoms with Crippen molar-refractivity contribution in [1.82, 2.24) is 4.90 Å². The summed E-state index contributed by atoms with van der Waals surface area (Å²) in [6.07, 6.45) is 3.17. The normalized spacial score (nSPS) is 10.5. The predicted octanol–water partition coefficient (Wildman–Crippen LogP) is 2.48. The SMILES string of the molecule is CCN(CC(=O)OC)C(=O)C=Cc1cccc(Br)c1. The quantitative estimate of drug-likeness (QED) is 0.617. The molecule has 4 nitrogen and oxygen atoms in total. The molecule has 1 aromatic carbocycles. The Morgan fingerprint density at radius 1 is 1.42 bits per heavy atom. The van der Waals surface area contributed by atoms with Crippen LogP contribution in [0.25, 0.3) is 6.08 Å². The zero-order chi connectivity index (χ0) is 14.3. The van der Waals surface area contributed by atoms with E-state index in [-0.39, 0.29) is 12.5 Å². The van der Waals surface area contributed by atoms with E-state index in [2.05, 4.69) is 20.7 Å². The largest absolute Gasteiger partial charge is 0.468 e. The molecule has 0 bridgehead atoms. The molecule has 0 atom stereocenters. The number of hydrogen-bond donors (Lipinski definition) is 0. The number of nitrogens with zero attached hydrogens (tertiary/aromatic N) is 1. The third-order valence-corrected chi connectivity index (χ3v) is 3.00. The van der Waals surface area contributed by atoms with Gasteiger partial charge in [0.05, 0.1) is 7.11 Å². The molecule has 1 aromatic rings. The number of halogens is 1. The molecule has 0 aliphatic carbocycles. The van der Waals surface area contributed by atoms with Gasteiger partial charge < -0.3 is 9.64 Å². The van der Waals surface area contributed by atoms with E-state index in [4.69, 9.17) is 0 Å². The van der Waals surface area contributed by atoms with Crippen molar-refractivity contribution in [1.29, 1.82) is 0 Å². The molecule has 19 heavy (non-hydrogen) atoms. The zero-order valence-electron chi connectivity index (χ0n) is 10.9. The first kappa shape index (κ1) is 15.4. The Morgan fingerprint density at radius 3 is 2.74 bits per heavy atom. The number of esters is 1. The molecule has 0 fully saturated rings. The highest BCUT2D eigenvalue weighted by molar-refractivity contribution is 9.10. The van der Waals surface area contributed by atoms with Crippen LogP contribution in [0, 0.1) is 0 Å². The summed E-state index contributed by atoms with van der Waals surface area (Å²) in [5, 5.41) is 0. The van der Waals surface area contributed by atoms with Crippen LogP contribution in [0.3, 0.4) is 0 Å². The maximum atomic E-state index is 11.9. The summed E-state index contributed by atoms with van der Waals surface area (Å²) in [4.78, 5) is 24.5. The Morgan fingerprint density at radius 2 is 2.16 bits per heavy atom. The van der Waals surface area contributed by atoms with E-state index in [1.54, 1.807) is 6.08 Å². The second-order valence-electron chi connectivity index (χ2n) is 3.82. The monoisotopic (exact) mass is 325 g/mol. The van der Waals surface area contributed by atoms with Gasteiger partial charge in [-0.2, -0.15) is 0 Å². The van der Waals surface area contributed by atoms with Crippen molar-refractivity contribution in [2.24, 2.45) is 0 Å². The predicted molar refractivity (Wildman–Crippen MR) is 77.4 cm³/mol. The minimum Gasteiger partial charge on any atom is -0.468 e. The third-order valence-electron chi connectivity index (χ3n) is 2.51. The van der Waals surface area contributed by atoms with Crippen LogP contribution < -0.4 is 0 Å². The van der Waals surface area contributed by atoms with Crippen LogP contribution in [0.1, 0.15) is 12.5 Å². The van der Waals surface area contributed by atoms with Crippen molar-refractivity contribution in [3.63, 3.8) is 0 Å². The highest BCUT2D eigenvalue weighted by Gasteiger charge is 2.12. The number of ether oxygens (including phenoxy) is 1. The van der Waals surface area contributed by atoms with Crippen LogP contribution in [-0.2, 0) is 14.3 Å². The lowest BCUT2D eigenvalue weighted by Crippen LogP contribution is -2.34. The number of carbonyl (C=O) groups excluding carboxylic acids is 2. The minimum absolute atomic E-state index is 0.0331. The highest BCUT2D eigenvalue weighted by Crippen LogP contribution is 2.12. The van der Waals surface area contributed by atoms with E-state index in [0.717, 1.165) is 10.0 Å². The molecule has 0 aromatic heterocycles. The molecule has 5 heteroatoms. The van der Waals surface area contributed by atoms with Crippen molar-refractivity contribution in [2.45, 2.75) is 6.92 Å². The van der Waals surface area contributed by atoms with Crippen molar-refractivity contribution < 1.29 is 14.3 Å². The van der Waals surface area contributed by atoms with Crippen molar-refractivity contribution in [2.75, 3.05) is 20.2 Å². The number of amides is 1. The van der Waals surface area contributed by atoms with Crippen LogP contribution in [0.5, 0.6) is 0 Å². The Labute approximate surface area is 121 Å². The van der Waals surface area contributed by atoms with Gasteiger partial charge in [-0.3, -0.25) is 9.59 Å². The highest BCUT2D eigenvalue weighted by atomic mass is 79.9. The average molecular weight is 326 g/mol. The Bertz CT molecular complexity index is 485. The van der Waals surface area contributed by atoms with Crippen LogP contribution in [0.15, 0.2) is 34.8 Å². The molecule has 0 aliphatic heterocycles. The lowest BCUT2D eigenvalue weighted by molar-refractivity contribution is -0.145. The van der Waals surface area contributed by atoms with Gasteiger partial charge in [0.2, 0.25) is 5.91 Å². The van der Waals surface area contributed by atoms with E-state index in [1.165, 1.54) is 18.1 Å². The first-order chi connectivity index (χ1) is 9.06. The molecule has 0 spiro atoms. The van der Waals surface area contributed by atoms with Gasteiger partial charge in [-0.05, 0) is 30.7 Å². The van der Waals surface area contributed by atoms with E-state index in [9.17, 15) is 9.59 Å². The molecule has 1 amide bonds. The first-order valence-corrected chi connectivity index (χ1v) is 6.65. The maximum absolute atomic E-state index is 11.9. The smallest absolute Gasteiger partial charge is 0.325 e. The van der Waals surface area contributed by atoms with Gasteiger partial charge in [0.15, 0.2) is 0 Å². The average Bonchev–Trinajstić information content (AvgIpc) is 2.41. The third kappa shape index (κ3) is 5.26. The molecule has 0 aliphatic rings. The van der Waals surface area contributed by atoms with E-state index >= 15 is 0 Å². The summed E-state index contributed by atoms with van der Waals surface area (Å²) in [6.45, 7) is 2.24. The van der Waals surface area contributed by atoms with Gasteiger partial charge >= 0.3 is 5.97 Å². The van der Waals surface area contributed by atoms with Gasteiger partial charge in [0, 0.05) is 17.1 Å². The number of hydrogen-bond acceptors (Lipinski definition) is 3. The summed E-state index contributed by atoms with van der Waals surface area (Å²) >= 11 is 3.36. The number of benzene rings is 1. The molecular weight excluding hydrogens is 310 g/mol. The Hall–Kier alpha value is -1.62. The molecule has 0 saturated heterocycles. The van der Waals surface area contributed by atoms with Crippen LogP contribution in [-0.4, -0.2) is 37.0 Å². The minimum atomic E-state index is -0.425. The van der Waals surface area contributed by atoms with Crippen LogP contribution >= 0.6 is 15.9 Å². The van der Waals surface area contributed by atoms with Gasteiger partial charge in [0.1, 0.15) is 6.54 Å². The Kier molecular flexibility index (Phi) is 6.29. The van der Waals surface area contributed by atoms with Crippen molar-refractivity contribution in [3.05, 3.63) is 40.4 Å². The second-order valence-corrected chi connectivity index (χ2v) is 4.73. The van der Waals surface area contributed by atoms with E-state index in [0.29, 0.717) is 6.54 Å². The molecule has 0 radical (unpaired) electrons. The number of methoxy groups -OCH3 is 1. The lowest BCUT2D eigenvalue weighted by atomic mass is 10.2. The molecule has 0 saturated carbocycles. The number of rotatable bonds is 5. The van der Waals surface area contributed by atoms with Crippen molar-refractivity contribution in [3.8, 4) is 0 Å². The van der Waals surface area contributed by atoms with Crippen LogP contribution in [0.2, 0.25) is 0 Å². The zero-order valence-corrected chi connectivity index (χ0v) is 12.5. The molecule has 0 heterocycles. The fourth-order valence-electron chi connectivity index (χ4n) is 1.45. The Balaban J connectivity index is 2.69. The summed E-state index contributed by atoms with van der Waals surface area (Å²) in [6, 6.07) is 7.60. The molecule has 102 valence electrons.